The molecule has 9 nitrogen and oxygen atoms in total. The van der Waals surface area contributed by atoms with Gasteiger partial charge in [0.2, 0.25) is 0 Å². The van der Waals surface area contributed by atoms with Crippen molar-refractivity contribution in [2.75, 3.05) is 0 Å². The molecule has 1 amide bonds. The number of carbonyl (C=O) groups excluding carboxylic acids is 1. The number of nitro groups is 1. The van der Waals surface area contributed by atoms with Crippen LogP contribution in [0.25, 0.3) is 6.08 Å². The molecule has 178 valence electrons. The minimum Gasteiger partial charge on any atom is -0.379 e. The minimum absolute atomic E-state index is 0.0554. The molecule has 0 spiro atoms. The van der Waals surface area contributed by atoms with Crippen LogP contribution in [0.1, 0.15) is 11.1 Å². The van der Waals surface area contributed by atoms with E-state index in [-0.39, 0.29) is 22.2 Å². The predicted molar refractivity (Wildman–Crippen MR) is 137 cm³/mol. The van der Waals surface area contributed by atoms with Crippen molar-refractivity contribution in [3.05, 3.63) is 97.3 Å². The van der Waals surface area contributed by atoms with Crippen LogP contribution in [0.4, 0.5) is 11.4 Å². The van der Waals surface area contributed by atoms with Crippen LogP contribution in [-0.2, 0) is 14.9 Å². The molecule has 1 saturated heterocycles. The van der Waals surface area contributed by atoms with E-state index < -0.39 is 15.0 Å². The number of rotatable bonds is 6. The Morgan fingerprint density at radius 1 is 1.09 bits per heavy atom. The van der Waals surface area contributed by atoms with Crippen LogP contribution < -0.4 is 9.50 Å². The van der Waals surface area contributed by atoms with Crippen molar-refractivity contribution in [2.45, 2.75) is 11.8 Å². The molecule has 0 bridgehead atoms. The molecule has 0 radical (unpaired) electrons. The Balaban J connectivity index is 1.47. The lowest BCUT2D eigenvalue weighted by molar-refractivity contribution is -0.384. The van der Waals surface area contributed by atoms with Gasteiger partial charge in [0.15, 0.2) is 5.17 Å². The van der Waals surface area contributed by atoms with Crippen LogP contribution in [-0.4, -0.2) is 24.4 Å². The maximum atomic E-state index is 12.4. The summed E-state index contributed by atoms with van der Waals surface area (Å²) in [7, 11) is -3.96. The van der Waals surface area contributed by atoms with E-state index in [0.29, 0.717) is 25.8 Å². The summed E-state index contributed by atoms with van der Waals surface area (Å²) in [6.45, 7) is 1.86. The lowest BCUT2D eigenvalue weighted by Crippen LogP contribution is -2.19. The van der Waals surface area contributed by atoms with Gasteiger partial charge < -0.3 is 9.50 Å². The van der Waals surface area contributed by atoms with Crippen LogP contribution in [0.15, 0.2) is 86.0 Å². The average Bonchev–Trinajstić information content (AvgIpc) is 3.15. The quantitative estimate of drug-likeness (QED) is 0.183. The molecule has 4 rings (SSSR count). The van der Waals surface area contributed by atoms with E-state index in [1.165, 1.54) is 42.5 Å². The highest BCUT2D eigenvalue weighted by Crippen LogP contribution is 2.33. The molecule has 0 atom stereocenters. The van der Waals surface area contributed by atoms with E-state index in [2.05, 4.69) is 26.2 Å². The number of carbonyl (C=O) groups is 1. The summed E-state index contributed by atoms with van der Waals surface area (Å²) >= 11 is 4.36. The van der Waals surface area contributed by atoms with Gasteiger partial charge in [-0.05, 0) is 76.6 Å². The third kappa shape index (κ3) is 5.96. The van der Waals surface area contributed by atoms with Gasteiger partial charge in [0, 0.05) is 12.1 Å². The van der Waals surface area contributed by atoms with Crippen molar-refractivity contribution in [1.29, 1.82) is 0 Å². The van der Waals surface area contributed by atoms with Gasteiger partial charge in [-0.25, -0.2) is 4.99 Å². The summed E-state index contributed by atoms with van der Waals surface area (Å²) in [6, 6.07) is 16.7. The average molecular weight is 574 g/mol. The smallest absolute Gasteiger partial charge is 0.339 e. The molecular formula is C23H16BrN3O6S2. The number of non-ortho nitro benzene ring substituents is 1. The van der Waals surface area contributed by atoms with Gasteiger partial charge in [-0.1, -0.05) is 29.8 Å². The first-order chi connectivity index (χ1) is 16.6. The summed E-state index contributed by atoms with van der Waals surface area (Å²) < 4.78 is 30.5. The number of thioether (sulfide) groups is 1. The van der Waals surface area contributed by atoms with Gasteiger partial charge in [-0.3, -0.25) is 14.9 Å². The number of amides is 1. The molecular weight excluding hydrogens is 558 g/mol. The summed E-state index contributed by atoms with van der Waals surface area (Å²) in [5.74, 6) is -0.212. The van der Waals surface area contributed by atoms with E-state index in [1.54, 1.807) is 30.3 Å². The second-order valence-electron chi connectivity index (χ2n) is 7.29. The maximum absolute atomic E-state index is 12.4. The largest absolute Gasteiger partial charge is 0.379 e. The third-order valence-electron chi connectivity index (χ3n) is 4.71. The Kier molecular flexibility index (Phi) is 7.05. The number of hydrogen-bond acceptors (Lipinski definition) is 8. The molecule has 3 aromatic rings. The molecule has 3 aromatic carbocycles. The number of aliphatic imine (C=N–C) groups is 1. The summed E-state index contributed by atoms with van der Waals surface area (Å²) in [6.07, 6.45) is 1.63. The fourth-order valence-electron chi connectivity index (χ4n) is 2.94. The number of nitrogens with zero attached hydrogens (tertiary/aromatic N) is 2. The highest BCUT2D eigenvalue weighted by molar-refractivity contribution is 9.10. The standard InChI is InChI=1S/C23H16BrN3O6S2/c1-14-2-9-18(10-3-14)35(31,32)33-17-7-4-15(5-8-17)12-21-22(28)26-23(34-21)25-20-11-6-16(27(29)30)13-19(20)24/h2-13H,1H3,(H,25,26,28)/b21-12+. The lowest BCUT2D eigenvalue weighted by atomic mass is 10.2. The van der Waals surface area contributed by atoms with Crippen molar-refractivity contribution in [2.24, 2.45) is 4.99 Å². The molecule has 0 unspecified atom stereocenters. The van der Waals surface area contributed by atoms with E-state index >= 15 is 0 Å². The molecule has 1 aliphatic heterocycles. The van der Waals surface area contributed by atoms with Gasteiger partial charge in [-0.2, -0.15) is 8.42 Å². The molecule has 0 saturated carbocycles. The highest BCUT2D eigenvalue weighted by Gasteiger charge is 2.24. The van der Waals surface area contributed by atoms with Crippen molar-refractivity contribution in [3.63, 3.8) is 0 Å². The Hall–Kier alpha value is -3.48. The fraction of sp³-hybridized carbons (Fsp3) is 0.0435. The normalized spacial score (nSPS) is 15.9. The number of benzene rings is 3. The minimum atomic E-state index is -3.96. The number of halogens is 1. The first-order valence-corrected chi connectivity index (χ1v) is 13.0. The van der Waals surface area contributed by atoms with Crippen LogP contribution in [0, 0.1) is 17.0 Å². The molecule has 12 heteroatoms. The number of nitrogens with one attached hydrogen (secondary N) is 1. The van der Waals surface area contributed by atoms with Crippen LogP contribution in [0.3, 0.4) is 0 Å². The van der Waals surface area contributed by atoms with Gasteiger partial charge in [0.1, 0.15) is 10.6 Å². The van der Waals surface area contributed by atoms with Crippen LogP contribution >= 0.6 is 27.7 Å². The third-order valence-corrected chi connectivity index (χ3v) is 7.51. The zero-order valence-electron chi connectivity index (χ0n) is 18.0. The van der Waals surface area contributed by atoms with Crippen LogP contribution in [0.5, 0.6) is 5.75 Å². The molecule has 0 aromatic heterocycles. The number of aryl methyl sites for hydroxylation is 1. The van der Waals surface area contributed by atoms with Crippen molar-refractivity contribution in [1.82, 2.24) is 5.32 Å². The maximum Gasteiger partial charge on any atom is 0.339 e. The fourth-order valence-corrected chi connectivity index (χ4v) is 5.16. The molecule has 0 aliphatic carbocycles. The highest BCUT2D eigenvalue weighted by atomic mass is 79.9. The Labute approximate surface area is 213 Å². The SMILES string of the molecule is Cc1ccc(S(=O)(=O)Oc2ccc(/C=C3/SC(=Nc4ccc([N+](=O)[O-])cc4Br)NC3=O)cc2)cc1. The van der Waals surface area contributed by atoms with Crippen molar-refractivity contribution < 1.29 is 22.3 Å². The van der Waals surface area contributed by atoms with Gasteiger partial charge in [-0.15, -0.1) is 0 Å². The second kappa shape index (κ2) is 10.0. The first-order valence-electron chi connectivity index (χ1n) is 9.95. The molecule has 1 fully saturated rings. The first kappa shape index (κ1) is 24.6. The molecule has 1 heterocycles. The van der Waals surface area contributed by atoms with Gasteiger partial charge in [0.25, 0.3) is 11.6 Å². The zero-order valence-corrected chi connectivity index (χ0v) is 21.2. The number of nitro benzene ring substituents is 1. The van der Waals surface area contributed by atoms with E-state index in [1.807, 2.05) is 6.92 Å². The Bertz CT molecular complexity index is 1480. The molecule has 35 heavy (non-hydrogen) atoms. The zero-order chi connectivity index (χ0) is 25.2. The van der Waals surface area contributed by atoms with Crippen LogP contribution in [0.2, 0.25) is 0 Å². The van der Waals surface area contributed by atoms with Gasteiger partial charge in [0.05, 0.1) is 20.0 Å². The lowest BCUT2D eigenvalue weighted by Gasteiger charge is -2.07. The van der Waals surface area contributed by atoms with Crippen molar-refractivity contribution in [3.8, 4) is 5.75 Å². The Morgan fingerprint density at radius 3 is 2.40 bits per heavy atom. The summed E-state index contributed by atoms with van der Waals surface area (Å²) in [5.41, 5.74) is 1.93. The van der Waals surface area contributed by atoms with E-state index in [9.17, 15) is 23.3 Å². The topological polar surface area (TPSA) is 128 Å². The van der Waals surface area contributed by atoms with Crippen molar-refractivity contribution >= 4 is 66.3 Å². The predicted octanol–water partition coefficient (Wildman–Crippen LogP) is 5.33. The van der Waals surface area contributed by atoms with E-state index in [0.717, 1.165) is 17.3 Å². The molecule has 1 N–H and O–H groups in total. The van der Waals surface area contributed by atoms with Gasteiger partial charge >= 0.3 is 10.1 Å². The molecule has 1 aliphatic rings. The summed E-state index contributed by atoms with van der Waals surface area (Å²) in [4.78, 5) is 27.5. The van der Waals surface area contributed by atoms with E-state index in [4.69, 9.17) is 4.18 Å². The monoisotopic (exact) mass is 573 g/mol. The summed E-state index contributed by atoms with van der Waals surface area (Å²) in [5, 5.41) is 13.8. The second-order valence-corrected chi connectivity index (χ2v) is 10.7. The number of amidine groups is 1. The Morgan fingerprint density at radius 2 is 1.77 bits per heavy atom. The number of hydrogen-bond donors (Lipinski definition) is 1.